The average Bonchev–Trinajstić information content (AvgIpc) is 2.60. The molecule has 1 aromatic heterocycles. The van der Waals surface area contributed by atoms with E-state index in [1.807, 2.05) is 0 Å². The zero-order valence-corrected chi connectivity index (χ0v) is 16.1. The molecule has 1 aliphatic rings. The van der Waals surface area contributed by atoms with Gasteiger partial charge in [-0.1, -0.05) is 0 Å². The van der Waals surface area contributed by atoms with E-state index in [1.165, 1.54) is 18.2 Å². The molecular formula is C18H26N4O5. The van der Waals surface area contributed by atoms with Crippen molar-refractivity contribution in [3.05, 3.63) is 24.0 Å². The highest BCUT2D eigenvalue weighted by atomic mass is 16.6. The van der Waals surface area contributed by atoms with Crippen molar-refractivity contribution >= 4 is 23.8 Å². The largest absolute Gasteiger partial charge is 0.464 e. The number of methoxy groups -OCH3 is 1. The lowest BCUT2D eigenvalue weighted by molar-refractivity contribution is 0.0199. The quantitative estimate of drug-likeness (QED) is 0.806. The third kappa shape index (κ3) is 5.08. The summed E-state index contributed by atoms with van der Waals surface area (Å²) in [6, 6.07) is 2.04. The highest BCUT2D eigenvalue weighted by molar-refractivity contribution is 6.00. The summed E-state index contributed by atoms with van der Waals surface area (Å²) in [5, 5.41) is 0. The van der Waals surface area contributed by atoms with Gasteiger partial charge in [0.15, 0.2) is 5.69 Å². The Labute approximate surface area is 158 Å². The predicted molar refractivity (Wildman–Crippen MR) is 98.5 cm³/mol. The minimum Gasteiger partial charge on any atom is -0.464 e. The fourth-order valence-corrected chi connectivity index (χ4v) is 3.00. The van der Waals surface area contributed by atoms with E-state index in [0.29, 0.717) is 19.4 Å². The summed E-state index contributed by atoms with van der Waals surface area (Å²) < 4.78 is 10.2. The van der Waals surface area contributed by atoms with E-state index in [9.17, 15) is 14.4 Å². The molecular weight excluding hydrogens is 352 g/mol. The molecule has 9 nitrogen and oxygen atoms in total. The van der Waals surface area contributed by atoms with Crippen LogP contribution in [0, 0.1) is 0 Å². The molecule has 0 aromatic carbocycles. The summed E-state index contributed by atoms with van der Waals surface area (Å²) in [5.41, 5.74) is 5.24. The molecule has 2 heterocycles. The Morgan fingerprint density at radius 1 is 1.33 bits per heavy atom. The van der Waals surface area contributed by atoms with Gasteiger partial charge in [0.1, 0.15) is 5.60 Å². The fraction of sp³-hybridized carbons (Fsp3) is 0.556. The average molecular weight is 378 g/mol. The van der Waals surface area contributed by atoms with Gasteiger partial charge in [0.25, 0.3) is 0 Å². The molecule has 0 bridgehead atoms. The van der Waals surface area contributed by atoms with Crippen molar-refractivity contribution in [3.8, 4) is 0 Å². The normalized spacial score (nSPS) is 17.2. The van der Waals surface area contributed by atoms with E-state index >= 15 is 0 Å². The lowest BCUT2D eigenvalue weighted by atomic mass is 10.0. The first kappa shape index (κ1) is 20.5. The number of primary amides is 1. The van der Waals surface area contributed by atoms with E-state index in [2.05, 4.69) is 4.98 Å². The summed E-state index contributed by atoms with van der Waals surface area (Å²) in [6.45, 7) is 6.14. The first-order valence-electron chi connectivity index (χ1n) is 8.74. The van der Waals surface area contributed by atoms with Crippen molar-refractivity contribution in [1.82, 2.24) is 9.88 Å². The molecule has 3 amide bonds. The maximum absolute atomic E-state index is 12.4. The monoisotopic (exact) mass is 378 g/mol. The zero-order valence-electron chi connectivity index (χ0n) is 16.1. The first-order valence-corrected chi connectivity index (χ1v) is 8.74. The van der Waals surface area contributed by atoms with Crippen LogP contribution < -0.4 is 10.6 Å². The smallest absolute Gasteiger partial charge is 0.410 e. The van der Waals surface area contributed by atoms with Crippen molar-refractivity contribution in [1.29, 1.82) is 0 Å². The van der Waals surface area contributed by atoms with Crippen LogP contribution in [0.2, 0.25) is 0 Å². The highest BCUT2D eigenvalue weighted by Gasteiger charge is 2.34. The minimum atomic E-state index is -0.732. The van der Waals surface area contributed by atoms with Gasteiger partial charge in [0, 0.05) is 19.3 Å². The number of ether oxygens (including phenoxy) is 2. The van der Waals surface area contributed by atoms with E-state index in [1.54, 1.807) is 37.8 Å². The number of carbonyl (C=O) groups excluding carboxylic acids is 3. The van der Waals surface area contributed by atoms with Gasteiger partial charge in [-0.15, -0.1) is 0 Å². The Morgan fingerprint density at radius 3 is 2.63 bits per heavy atom. The first-order chi connectivity index (χ1) is 12.6. The van der Waals surface area contributed by atoms with Crippen LogP contribution in [-0.2, 0) is 9.47 Å². The number of amides is 3. The second kappa shape index (κ2) is 8.24. The molecule has 1 atom stereocenters. The maximum Gasteiger partial charge on any atom is 0.410 e. The number of likely N-dealkylation sites (tertiary alicyclic amines) is 1. The lowest BCUT2D eigenvalue weighted by Crippen LogP contribution is -2.54. The number of hydrogen-bond acceptors (Lipinski definition) is 6. The summed E-state index contributed by atoms with van der Waals surface area (Å²) in [7, 11) is 1.24. The SMILES string of the molecule is COC(=O)c1ncccc1N(C(N)=O)C1CCCN(C(=O)OC(C)(C)C)C1. The van der Waals surface area contributed by atoms with Gasteiger partial charge in [0.05, 0.1) is 18.8 Å². The van der Waals surface area contributed by atoms with Crippen LogP contribution in [0.5, 0.6) is 0 Å². The van der Waals surface area contributed by atoms with Gasteiger partial charge >= 0.3 is 18.1 Å². The Balaban J connectivity index is 2.29. The molecule has 1 unspecified atom stereocenters. The Bertz CT molecular complexity index is 716. The number of anilines is 1. The summed E-state index contributed by atoms with van der Waals surface area (Å²) in [4.78, 5) is 43.5. The molecule has 9 heteroatoms. The van der Waals surface area contributed by atoms with Gasteiger partial charge in [-0.2, -0.15) is 0 Å². The molecule has 0 spiro atoms. The number of pyridine rings is 1. The van der Waals surface area contributed by atoms with Crippen molar-refractivity contribution in [2.45, 2.75) is 45.3 Å². The second-order valence-electron chi connectivity index (χ2n) is 7.29. The van der Waals surface area contributed by atoms with Crippen LogP contribution in [0.15, 0.2) is 18.3 Å². The number of nitrogens with two attached hydrogens (primary N) is 1. The minimum absolute atomic E-state index is 0.00630. The van der Waals surface area contributed by atoms with Crippen LogP contribution in [0.4, 0.5) is 15.3 Å². The molecule has 1 aromatic rings. The van der Waals surface area contributed by atoms with Crippen molar-refractivity contribution < 1.29 is 23.9 Å². The van der Waals surface area contributed by atoms with Crippen LogP contribution in [0.25, 0.3) is 0 Å². The number of aromatic nitrogens is 1. The van der Waals surface area contributed by atoms with E-state index < -0.39 is 29.7 Å². The number of hydrogen-bond donors (Lipinski definition) is 1. The number of piperidine rings is 1. The molecule has 0 aliphatic carbocycles. The summed E-state index contributed by atoms with van der Waals surface area (Å²) in [6.07, 6.45) is 2.28. The molecule has 0 saturated carbocycles. The van der Waals surface area contributed by atoms with Crippen LogP contribution in [-0.4, -0.2) is 59.8 Å². The summed E-state index contributed by atoms with van der Waals surface area (Å²) in [5.74, 6) is -0.670. The van der Waals surface area contributed by atoms with E-state index in [-0.39, 0.29) is 17.9 Å². The second-order valence-corrected chi connectivity index (χ2v) is 7.29. The third-order valence-electron chi connectivity index (χ3n) is 4.08. The molecule has 1 saturated heterocycles. The van der Waals surface area contributed by atoms with Crippen molar-refractivity contribution in [2.24, 2.45) is 5.73 Å². The van der Waals surface area contributed by atoms with Crippen LogP contribution >= 0.6 is 0 Å². The van der Waals surface area contributed by atoms with Crippen molar-refractivity contribution in [3.63, 3.8) is 0 Å². The number of esters is 1. The molecule has 0 radical (unpaired) electrons. The number of nitrogens with zero attached hydrogens (tertiary/aromatic N) is 3. The Hall–Kier alpha value is -2.84. The molecule has 1 fully saturated rings. The van der Waals surface area contributed by atoms with Gasteiger partial charge in [-0.25, -0.2) is 19.4 Å². The van der Waals surface area contributed by atoms with Gasteiger partial charge < -0.3 is 20.1 Å². The molecule has 27 heavy (non-hydrogen) atoms. The molecule has 2 N–H and O–H groups in total. The van der Waals surface area contributed by atoms with Crippen LogP contribution in [0.3, 0.4) is 0 Å². The number of urea groups is 1. The number of carbonyl (C=O) groups is 3. The highest BCUT2D eigenvalue weighted by Crippen LogP contribution is 2.26. The Kier molecular flexibility index (Phi) is 6.24. The zero-order chi connectivity index (χ0) is 20.2. The lowest BCUT2D eigenvalue weighted by Gasteiger charge is -2.39. The van der Waals surface area contributed by atoms with Crippen molar-refractivity contribution in [2.75, 3.05) is 25.1 Å². The fourth-order valence-electron chi connectivity index (χ4n) is 3.00. The molecule has 2 rings (SSSR count). The molecule has 148 valence electrons. The standard InChI is InChI=1S/C18H26N4O5/c1-18(2,3)27-17(25)21-10-6-7-12(11-21)22(16(19)24)13-8-5-9-20-14(13)15(23)26-4/h5,8-9,12H,6-7,10-11H2,1-4H3,(H2,19,24). The van der Waals surface area contributed by atoms with Gasteiger partial charge in [-0.3, -0.25) is 4.90 Å². The topological polar surface area (TPSA) is 115 Å². The number of rotatable bonds is 3. The summed E-state index contributed by atoms with van der Waals surface area (Å²) >= 11 is 0. The van der Waals surface area contributed by atoms with Crippen LogP contribution in [0.1, 0.15) is 44.1 Å². The maximum atomic E-state index is 12.4. The van der Waals surface area contributed by atoms with E-state index in [0.717, 1.165) is 0 Å². The van der Waals surface area contributed by atoms with Gasteiger partial charge in [0.2, 0.25) is 0 Å². The van der Waals surface area contributed by atoms with Gasteiger partial charge in [-0.05, 0) is 45.7 Å². The third-order valence-corrected chi connectivity index (χ3v) is 4.08. The predicted octanol–water partition coefficient (Wildman–Crippen LogP) is 2.15. The Morgan fingerprint density at radius 2 is 2.04 bits per heavy atom. The molecule has 1 aliphatic heterocycles. The van der Waals surface area contributed by atoms with E-state index in [4.69, 9.17) is 15.2 Å².